The van der Waals surface area contributed by atoms with Gasteiger partial charge in [0.05, 0.1) is 11.4 Å². The fourth-order valence-electron chi connectivity index (χ4n) is 2.91. The van der Waals surface area contributed by atoms with E-state index in [-0.39, 0.29) is 36.1 Å². The van der Waals surface area contributed by atoms with Crippen LogP contribution in [0.5, 0.6) is 0 Å². The fraction of sp³-hybridized carbons (Fsp3) is 0.562. The van der Waals surface area contributed by atoms with Crippen molar-refractivity contribution in [3.8, 4) is 0 Å². The van der Waals surface area contributed by atoms with Gasteiger partial charge < -0.3 is 5.11 Å². The molecule has 1 amide bonds. The van der Waals surface area contributed by atoms with Crippen molar-refractivity contribution in [2.45, 2.75) is 53.0 Å². The van der Waals surface area contributed by atoms with Crippen molar-refractivity contribution in [1.82, 2.24) is 13.3 Å². The first-order chi connectivity index (χ1) is 12.1. The maximum atomic E-state index is 13.3. The number of imidazole rings is 1. The van der Waals surface area contributed by atoms with Gasteiger partial charge in [-0.3, -0.25) is 10.1 Å². The Labute approximate surface area is 152 Å². The van der Waals surface area contributed by atoms with Crippen LogP contribution in [0.3, 0.4) is 0 Å². The van der Waals surface area contributed by atoms with Gasteiger partial charge in [0.15, 0.2) is 0 Å². The molecule has 2 rings (SSSR count). The quantitative estimate of drug-likeness (QED) is 0.734. The monoisotopic (exact) mass is 384 g/mol. The van der Waals surface area contributed by atoms with E-state index >= 15 is 0 Å². The van der Waals surface area contributed by atoms with E-state index < -0.39 is 22.1 Å². The Balaban J connectivity index is 2.67. The highest BCUT2D eigenvalue weighted by Crippen LogP contribution is 2.30. The molecule has 0 radical (unpaired) electrons. The Morgan fingerprint density at radius 1 is 1.38 bits per heavy atom. The summed E-state index contributed by atoms with van der Waals surface area (Å²) in [5, 5.41) is 11.6. The molecule has 10 heteroatoms. The predicted molar refractivity (Wildman–Crippen MR) is 96.9 cm³/mol. The molecular formula is C16H24N4O5S. The highest BCUT2D eigenvalue weighted by Gasteiger charge is 2.34. The zero-order valence-electron chi connectivity index (χ0n) is 15.3. The molecule has 26 heavy (non-hydrogen) atoms. The number of rotatable bonds is 7. The van der Waals surface area contributed by atoms with Crippen LogP contribution in [-0.4, -0.2) is 51.2 Å². The van der Waals surface area contributed by atoms with Crippen LogP contribution in [0.25, 0.3) is 6.08 Å². The molecule has 1 aliphatic carbocycles. The topological polar surface area (TPSA) is 122 Å². The van der Waals surface area contributed by atoms with Gasteiger partial charge in [-0.25, -0.2) is 9.78 Å². The van der Waals surface area contributed by atoms with Crippen LogP contribution >= 0.6 is 0 Å². The van der Waals surface area contributed by atoms with Gasteiger partial charge in [-0.15, -0.1) is 0 Å². The first-order valence-electron chi connectivity index (χ1n) is 8.45. The number of aromatic nitrogens is 2. The maximum Gasteiger partial charge on any atom is 0.331 e. The summed E-state index contributed by atoms with van der Waals surface area (Å²) in [5.41, 5.74) is 0.782. The Hall–Kier alpha value is -2.20. The minimum Gasteiger partial charge on any atom is -0.478 e. The molecule has 1 aromatic rings. The van der Waals surface area contributed by atoms with Gasteiger partial charge in [-0.1, -0.05) is 6.92 Å². The molecule has 0 fully saturated rings. The summed E-state index contributed by atoms with van der Waals surface area (Å²) in [4.78, 5) is 26.9. The predicted octanol–water partition coefficient (Wildman–Crippen LogP) is 1.47. The second kappa shape index (κ2) is 7.58. The number of carbonyl (C=O) groups excluding carboxylic acids is 1. The molecule has 0 saturated carbocycles. The first-order valence-corrected chi connectivity index (χ1v) is 9.84. The second-order valence-electron chi connectivity index (χ2n) is 6.40. The van der Waals surface area contributed by atoms with Crippen LogP contribution < -0.4 is 5.32 Å². The molecule has 0 atom stereocenters. The maximum absolute atomic E-state index is 13.3. The molecule has 0 saturated heterocycles. The normalized spacial score (nSPS) is 14.3. The SMILES string of the molecule is CCCN(C(C)C)S(=O)(=O)n1c(NC(C)=O)nc2c1CCC(C(=O)O)=C2. The standard InChI is InChI=1S/C16H24N4O5S/c1-5-8-19(10(2)3)26(24,25)20-14-7-6-12(15(22)23)9-13(14)18-16(20)17-11(4)21/h9-10H,5-8H2,1-4H3,(H,22,23)(H,17,18,21). The number of anilines is 1. The smallest absolute Gasteiger partial charge is 0.331 e. The van der Waals surface area contributed by atoms with Crippen molar-refractivity contribution >= 4 is 34.1 Å². The van der Waals surface area contributed by atoms with Crippen molar-refractivity contribution in [2.75, 3.05) is 11.9 Å². The van der Waals surface area contributed by atoms with E-state index in [9.17, 15) is 23.1 Å². The van der Waals surface area contributed by atoms with Gasteiger partial charge in [-0.2, -0.15) is 16.7 Å². The molecule has 0 bridgehead atoms. The number of amides is 1. The lowest BCUT2D eigenvalue weighted by atomic mass is 10.0. The van der Waals surface area contributed by atoms with Crippen LogP contribution in [0.15, 0.2) is 5.57 Å². The Morgan fingerprint density at radius 2 is 2.04 bits per heavy atom. The number of carboxylic acid groups (broad SMARTS) is 1. The third kappa shape index (κ3) is 3.80. The Kier molecular flexibility index (Phi) is 5.87. The molecule has 0 aromatic carbocycles. The first kappa shape index (κ1) is 20.1. The highest BCUT2D eigenvalue weighted by molar-refractivity contribution is 7.87. The molecule has 0 aliphatic heterocycles. The summed E-state index contributed by atoms with van der Waals surface area (Å²) >= 11 is 0. The fourth-order valence-corrected chi connectivity index (χ4v) is 4.83. The highest BCUT2D eigenvalue weighted by atomic mass is 32.2. The second-order valence-corrected chi connectivity index (χ2v) is 8.13. The average molecular weight is 384 g/mol. The molecule has 1 aromatic heterocycles. The van der Waals surface area contributed by atoms with Gasteiger partial charge >= 0.3 is 16.2 Å². The lowest BCUT2D eigenvalue weighted by molar-refractivity contribution is -0.132. The van der Waals surface area contributed by atoms with Gasteiger partial charge in [0.1, 0.15) is 0 Å². The number of nitrogens with zero attached hydrogens (tertiary/aromatic N) is 3. The summed E-state index contributed by atoms with van der Waals surface area (Å²) in [7, 11) is -3.98. The van der Waals surface area contributed by atoms with Gasteiger partial charge in [0.25, 0.3) is 0 Å². The van der Waals surface area contributed by atoms with Gasteiger partial charge in [-0.05, 0) is 39.2 Å². The van der Waals surface area contributed by atoms with Crippen LogP contribution in [-0.2, 0) is 26.2 Å². The molecule has 1 heterocycles. The van der Waals surface area contributed by atoms with Crippen LogP contribution in [0.1, 0.15) is 51.9 Å². The third-order valence-electron chi connectivity index (χ3n) is 4.01. The summed E-state index contributed by atoms with van der Waals surface area (Å²) in [5.74, 6) is -1.64. The number of nitrogens with one attached hydrogen (secondary N) is 1. The number of carbonyl (C=O) groups is 2. The lowest BCUT2D eigenvalue weighted by Gasteiger charge is -2.27. The number of aliphatic carboxylic acids is 1. The van der Waals surface area contributed by atoms with Crippen molar-refractivity contribution < 1.29 is 23.1 Å². The molecule has 0 unspecified atom stereocenters. The minimum atomic E-state index is -3.98. The largest absolute Gasteiger partial charge is 0.478 e. The lowest BCUT2D eigenvalue weighted by Crippen LogP contribution is -2.42. The van der Waals surface area contributed by atoms with E-state index in [0.29, 0.717) is 18.7 Å². The molecule has 2 N–H and O–H groups in total. The summed E-state index contributed by atoms with van der Waals surface area (Å²) in [6.07, 6.45) is 2.39. The van der Waals surface area contributed by atoms with Crippen molar-refractivity contribution in [1.29, 1.82) is 0 Å². The number of hydrogen-bond acceptors (Lipinski definition) is 5. The molecule has 144 valence electrons. The van der Waals surface area contributed by atoms with Crippen molar-refractivity contribution in [2.24, 2.45) is 0 Å². The summed E-state index contributed by atoms with van der Waals surface area (Å²) < 4.78 is 28.9. The number of hydrogen-bond donors (Lipinski definition) is 2. The van der Waals surface area contributed by atoms with E-state index in [4.69, 9.17) is 0 Å². The zero-order valence-corrected chi connectivity index (χ0v) is 16.1. The number of carboxylic acids is 1. The molecular weight excluding hydrogens is 360 g/mol. The van der Waals surface area contributed by atoms with E-state index in [1.165, 1.54) is 17.3 Å². The van der Waals surface area contributed by atoms with E-state index in [0.717, 1.165) is 3.97 Å². The van der Waals surface area contributed by atoms with E-state index in [1.807, 2.05) is 6.92 Å². The summed E-state index contributed by atoms with van der Waals surface area (Å²) in [6, 6.07) is -0.281. The van der Waals surface area contributed by atoms with E-state index in [2.05, 4.69) is 10.3 Å². The van der Waals surface area contributed by atoms with Crippen molar-refractivity contribution in [3.05, 3.63) is 17.0 Å². The Morgan fingerprint density at radius 3 is 2.54 bits per heavy atom. The van der Waals surface area contributed by atoms with Crippen molar-refractivity contribution in [3.63, 3.8) is 0 Å². The molecule has 9 nitrogen and oxygen atoms in total. The van der Waals surface area contributed by atoms with Crippen LogP contribution in [0, 0.1) is 0 Å². The van der Waals surface area contributed by atoms with Crippen LogP contribution in [0.4, 0.5) is 5.95 Å². The zero-order chi connectivity index (χ0) is 19.6. The average Bonchev–Trinajstić information content (AvgIpc) is 2.88. The minimum absolute atomic E-state index is 0.118. The molecule has 1 aliphatic rings. The van der Waals surface area contributed by atoms with Crippen LogP contribution in [0.2, 0.25) is 0 Å². The van der Waals surface area contributed by atoms with Gasteiger partial charge in [0, 0.05) is 25.1 Å². The molecule has 0 spiro atoms. The Bertz CT molecular complexity index is 854. The van der Waals surface area contributed by atoms with E-state index in [1.54, 1.807) is 13.8 Å². The summed E-state index contributed by atoms with van der Waals surface area (Å²) in [6.45, 7) is 7.01. The number of fused-ring (bicyclic) bond motifs is 1. The van der Waals surface area contributed by atoms with Gasteiger partial charge in [0.2, 0.25) is 11.9 Å². The third-order valence-corrected chi connectivity index (χ3v) is 6.06.